The van der Waals surface area contributed by atoms with Crippen LogP contribution in [-0.2, 0) is 0 Å². The summed E-state index contributed by atoms with van der Waals surface area (Å²) in [4.78, 5) is 2.53. The Labute approximate surface area is 97.2 Å². The van der Waals surface area contributed by atoms with E-state index in [1.54, 1.807) is 0 Å². The van der Waals surface area contributed by atoms with Gasteiger partial charge < -0.3 is 4.74 Å². The van der Waals surface area contributed by atoms with Gasteiger partial charge in [-0.1, -0.05) is 17.7 Å². The number of ether oxygens (including phenoxy) is 1. The van der Waals surface area contributed by atoms with Crippen LogP contribution in [0.4, 0.5) is 0 Å². The lowest BCUT2D eigenvalue weighted by Crippen LogP contribution is -2.52. The number of nitrogens with zero attached hydrogens (tertiary/aromatic N) is 1. The van der Waals surface area contributed by atoms with E-state index >= 15 is 0 Å². The van der Waals surface area contributed by atoms with Crippen molar-refractivity contribution < 1.29 is 4.74 Å². The Balaban J connectivity index is 1.68. The second-order valence-corrected chi connectivity index (χ2v) is 5.11. The van der Waals surface area contributed by atoms with Gasteiger partial charge in [0.15, 0.2) is 0 Å². The van der Waals surface area contributed by atoms with Crippen LogP contribution in [0.5, 0.6) is 5.75 Å². The van der Waals surface area contributed by atoms with Gasteiger partial charge in [0.25, 0.3) is 0 Å². The Morgan fingerprint density at radius 3 is 2.38 bits per heavy atom. The Hall–Kier alpha value is -1.02. The van der Waals surface area contributed by atoms with Crippen LogP contribution in [0.1, 0.15) is 18.4 Å². The summed E-state index contributed by atoms with van der Waals surface area (Å²) < 4.78 is 6.10. The van der Waals surface area contributed by atoms with E-state index in [2.05, 4.69) is 36.1 Å². The summed E-state index contributed by atoms with van der Waals surface area (Å²) in [5.74, 6) is 1.82. The van der Waals surface area contributed by atoms with Crippen LogP contribution in [-0.4, -0.2) is 30.6 Å². The van der Waals surface area contributed by atoms with Gasteiger partial charge in [-0.05, 0) is 50.9 Å². The van der Waals surface area contributed by atoms with Crippen molar-refractivity contribution >= 4 is 0 Å². The summed E-state index contributed by atoms with van der Waals surface area (Å²) in [6.07, 6.45) is 3.05. The molecule has 1 unspecified atom stereocenters. The molecule has 3 aliphatic rings. The second kappa shape index (κ2) is 4.10. The minimum absolute atomic E-state index is 0.421. The molecule has 1 aromatic carbocycles. The maximum atomic E-state index is 6.10. The number of fused-ring (bicyclic) bond motifs is 3. The average Bonchev–Trinajstić information content (AvgIpc) is 2.34. The zero-order chi connectivity index (χ0) is 11.0. The van der Waals surface area contributed by atoms with E-state index in [0.717, 1.165) is 18.2 Å². The third kappa shape index (κ3) is 1.94. The minimum atomic E-state index is 0.421. The number of rotatable bonds is 2. The highest BCUT2D eigenvalue weighted by Gasteiger charge is 2.35. The Kier molecular flexibility index (Phi) is 2.60. The highest BCUT2D eigenvalue weighted by molar-refractivity contribution is 5.26. The van der Waals surface area contributed by atoms with Crippen molar-refractivity contribution in [3.05, 3.63) is 29.8 Å². The predicted molar refractivity (Wildman–Crippen MR) is 64.8 cm³/mol. The zero-order valence-electron chi connectivity index (χ0n) is 9.86. The molecule has 3 heterocycles. The molecular formula is C14H19NO. The summed E-state index contributed by atoms with van der Waals surface area (Å²) in [7, 11) is 0. The Morgan fingerprint density at radius 2 is 1.81 bits per heavy atom. The number of hydrogen-bond donors (Lipinski definition) is 0. The average molecular weight is 217 g/mol. The molecule has 2 nitrogen and oxygen atoms in total. The van der Waals surface area contributed by atoms with Crippen LogP contribution in [0, 0.1) is 12.8 Å². The number of piperidine rings is 3. The van der Waals surface area contributed by atoms with Crippen molar-refractivity contribution in [2.75, 3.05) is 19.6 Å². The SMILES string of the molecule is Cc1ccc(OC2CN3CCC2CC3)cc1. The fourth-order valence-corrected chi connectivity index (χ4v) is 2.84. The maximum absolute atomic E-state index is 6.10. The van der Waals surface area contributed by atoms with Crippen molar-refractivity contribution in [3.8, 4) is 5.75 Å². The molecule has 86 valence electrons. The molecule has 1 atom stereocenters. The first-order valence-electron chi connectivity index (χ1n) is 6.27. The van der Waals surface area contributed by atoms with E-state index in [0.29, 0.717) is 6.10 Å². The largest absolute Gasteiger partial charge is 0.489 e. The van der Waals surface area contributed by atoms with Gasteiger partial charge in [-0.2, -0.15) is 0 Å². The first-order valence-corrected chi connectivity index (χ1v) is 6.27. The van der Waals surface area contributed by atoms with Crippen LogP contribution in [0.2, 0.25) is 0 Å². The molecule has 3 aliphatic heterocycles. The molecule has 0 amide bonds. The molecule has 3 fully saturated rings. The van der Waals surface area contributed by atoms with Crippen molar-refractivity contribution in [1.82, 2.24) is 4.90 Å². The van der Waals surface area contributed by atoms with Gasteiger partial charge in [-0.3, -0.25) is 4.90 Å². The standard InChI is InChI=1S/C14H19NO/c1-11-2-4-13(5-3-11)16-14-10-15-8-6-12(14)7-9-15/h2-5,12,14H,6-10H2,1H3. The van der Waals surface area contributed by atoms with E-state index in [1.807, 2.05) is 0 Å². The van der Waals surface area contributed by atoms with E-state index in [9.17, 15) is 0 Å². The van der Waals surface area contributed by atoms with Crippen LogP contribution in [0.25, 0.3) is 0 Å². The fraction of sp³-hybridized carbons (Fsp3) is 0.571. The predicted octanol–water partition coefficient (Wildman–Crippen LogP) is 2.47. The molecule has 0 spiro atoms. The van der Waals surface area contributed by atoms with Gasteiger partial charge in [0.05, 0.1) is 0 Å². The molecule has 1 aromatic rings. The lowest BCUT2D eigenvalue weighted by molar-refractivity contribution is -0.00776. The quantitative estimate of drug-likeness (QED) is 0.754. The van der Waals surface area contributed by atoms with Crippen molar-refractivity contribution in [2.24, 2.45) is 5.92 Å². The zero-order valence-corrected chi connectivity index (χ0v) is 9.86. The highest BCUT2D eigenvalue weighted by Crippen LogP contribution is 2.30. The third-order valence-corrected chi connectivity index (χ3v) is 3.90. The summed E-state index contributed by atoms with van der Waals surface area (Å²) in [6.45, 7) is 5.79. The van der Waals surface area contributed by atoms with Gasteiger partial charge in [0.1, 0.15) is 11.9 Å². The van der Waals surface area contributed by atoms with Crippen LogP contribution < -0.4 is 4.74 Å². The van der Waals surface area contributed by atoms with Gasteiger partial charge in [0, 0.05) is 6.54 Å². The van der Waals surface area contributed by atoms with Crippen LogP contribution in [0.3, 0.4) is 0 Å². The first-order chi connectivity index (χ1) is 7.81. The maximum Gasteiger partial charge on any atom is 0.119 e. The van der Waals surface area contributed by atoms with Crippen molar-refractivity contribution in [3.63, 3.8) is 0 Å². The molecular weight excluding hydrogens is 198 g/mol. The monoisotopic (exact) mass is 217 g/mol. The van der Waals surface area contributed by atoms with Crippen molar-refractivity contribution in [2.45, 2.75) is 25.9 Å². The molecule has 0 saturated carbocycles. The van der Waals surface area contributed by atoms with Gasteiger partial charge in [-0.15, -0.1) is 0 Å². The van der Waals surface area contributed by atoms with E-state index in [-0.39, 0.29) is 0 Å². The third-order valence-electron chi connectivity index (χ3n) is 3.90. The van der Waals surface area contributed by atoms with E-state index in [1.165, 1.54) is 31.5 Å². The molecule has 16 heavy (non-hydrogen) atoms. The molecule has 0 aliphatic carbocycles. The van der Waals surface area contributed by atoms with E-state index in [4.69, 9.17) is 4.74 Å². The van der Waals surface area contributed by atoms with Crippen molar-refractivity contribution in [1.29, 1.82) is 0 Å². The van der Waals surface area contributed by atoms with Crippen LogP contribution in [0.15, 0.2) is 24.3 Å². The molecule has 2 heteroatoms. The molecule has 0 radical (unpaired) electrons. The lowest BCUT2D eigenvalue weighted by atomic mass is 9.86. The highest BCUT2D eigenvalue weighted by atomic mass is 16.5. The number of hydrogen-bond acceptors (Lipinski definition) is 2. The van der Waals surface area contributed by atoms with Gasteiger partial charge in [0.2, 0.25) is 0 Å². The summed E-state index contributed by atoms with van der Waals surface area (Å²) in [5, 5.41) is 0. The normalized spacial score (nSPS) is 32.7. The molecule has 0 aromatic heterocycles. The Morgan fingerprint density at radius 1 is 1.12 bits per heavy atom. The molecule has 2 bridgehead atoms. The van der Waals surface area contributed by atoms with Crippen LogP contribution >= 0.6 is 0 Å². The lowest BCUT2D eigenvalue weighted by Gasteiger charge is -2.44. The summed E-state index contributed by atoms with van der Waals surface area (Å²) >= 11 is 0. The number of aryl methyl sites for hydroxylation is 1. The second-order valence-electron chi connectivity index (χ2n) is 5.11. The molecule has 0 N–H and O–H groups in total. The smallest absolute Gasteiger partial charge is 0.119 e. The van der Waals surface area contributed by atoms with E-state index < -0.39 is 0 Å². The minimum Gasteiger partial charge on any atom is -0.489 e. The summed E-state index contributed by atoms with van der Waals surface area (Å²) in [6, 6.07) is 8.42. The number of benzene rings is 1. The fourth-order valence-electron chi connectivity index (χ4n) is 2.84. The topological polar surface area (TPSA) is 12.5 Å². The summed E-state index contributed by atoms with van der Waals surface area (Å²) in [5.41, 5.74) is 1.29. The first kappa shape index (κ1) is 10.2. The van der Waals surface area contributed by atoms with Gasteiger partial charge >= 0.3 is 0 Å². The Bertz CT molecular complexity index is 352. The molecule has 4 rings (SSSR count). The van der Waals surface area contributed by atoms with Gasteiger partial charge in [-0.25, -0.2) is 0 Å². The molecule has 3 saturated heterocycles.